The Balaban J connectivity index is 1.68. The van der Waals surface area contributed by atoms with Gasteiger partial charge in [-0.15, -0.1) is 0 Å². The second-order valence-corrected chi connectivity index (χ2v) is 8.46. The van der Waals surface area contributed by atoms with Gasteiger partial charge < -0.3 is 4.90 Å². The number of carbonyl (C=O) groups excluding carboxylic acids is 1. The first-order valence-corrected chi connectivity index (χ1v) is 10.3. The summed E-state index contributed by atoms with van der Waals surface area (Å²) in [4.78, 5) is 21.4. The van der Waals surface area contributed by atoms with E-state index in [0.29, 0.717) is 18.7 Å². The quantitative estimate of drug-likeness (QED) is 0.834. The van der Waals surface area contributed by atoms with Crippen LogP contribution < -0.4 is 4.72 Å². The molecular weight excluding hydrogens is 364 g/mol. The molecule has 8 heteroatoms. The fourth-order valence-electron chi connectivity index (χ4n) is 3.12. The van der Waals surface area contributed by atoms with Crippen LogP contribution in [0.1, 0.15) is 21.6 Å². The van der Waals surface area contributed by atoms with Crippen molar-refractivity contribution in [2.24, 2.45) is 0 Å². The number of nitrogens with zero attached hydrogens (tertiary/aromatic N) is 3. The average molecular weight is 388 g/mol. The summed E-state index contributed by atoms with van der Waals surface area (Å²) in [6.45, 7) is 5.31. The van der Waals surface area contributed by atoms with E-state index in [1.54, 1.807) is 17.2 Å². The Hall–Kier alpha value is -2.29. The van der Waals surface area contributed by atoms with E-state index in [1.165, 1.54) is 19.2 Å². The highest BCUT2D eigenvalue weighted by molar-refractivity contribution is 7.89. The first kappa shape index (κ1) is 19.5. The number of pyridine rings is 1. The number of aryl methyl sites for hydroxylation is 1. The third-order valence-corrected chi connectivity index (χ3v) is 6.20. The zero-order valence-electron chi connectivity index (χ0n) is 15.6. The topological polar surface area (TPSA) is 82.6 Å². The van der Waals surface area contributed by atoms with Crippen LogP contribution in [0, 0.1) is 6.92 Å². The molecule has 1 aromatic carbocycles. The van der Waals surface area contributed by atoms with E-state index >= 15 is 0 Å². The number of sulfonamides is 1. The summed E-state index contributed by atoms with van der Waals surface area (Å²) in [6.07, 6.45) is 1.78. The smallest absolute Gasteiger partial charge is 0.254 e. The van der Waals surface area contributed by atoms with Gasteiger partial charge >= 0.3 is 0 Å². The predicted octanol–water partition coefficient (Wildman–Crippen LogP) is 1.26. The molecule has 1 saturated heterocycles. The Morgan fingerprint density at radius 3 is 2.52 bits per heavy atom. The first-order chi connectivity index (χ1) is 12.9. The van der Waals surface area contributed by atoms with Gasteiger partial charge in [-0.3, -0.25) is 14.7 Å². The van der Waals surface area contributed by atoms with Crippen LogP contribution in [-0.4, -0.2) is 62.3 Å². The number of benzene rings is 1. The van der Waals surface area contributed by atoms with E-state index in [9.17, 15) is 13.2 Å². The molecule has 2 aromatic rings. The number of hydrogen-bond acceptors (Lipinski definition) is 5. The minimum absolute atomic E-state index is 0.104. The number of rotatable bonds is 5. The molecule has 2 heterocycles. The molecule has 0 radical (unpaired) electrons. The summed E-state index contributed by atoms with van der Waals surface area (Å²) in [7, 11) is -2.22. The summed E-state index contributed by atoms with van der Waals surface area (Å²) in [5.74, 6) is -0.127. The van der Waals surface area contributed by atoms with Crippen molar-refractivity contribution in [2.45, 2.75) is 18.4 Å². The van der Waals surface area contributed by atoms with Gasteiger partial charge in [0.15, 0.2) is 0 Å². The fraction of sp³-hybridized carbons (Fsp3) is 0.368. The van der Waals surface area contributed by atoms with E-state index in [-0.39, 0.29) is 10.8 Å². The van der Waals surface area contributed by atoms with Gasteiger partial charge in [0.2, 0.25) is 10.0 Å². The molecule has 0 unspecified atom stereocenters. The van der Waals surface area contributed by atoms with E-state index < -0.39 is 10.0 Å². The van der Waals surface area contributed by atoms with Crippen molar-refractivity contribution in [2.75, 3.05) is 33.2 Å². The van der Waals surface area contributed by atoms with Crippen LogP contribution in [0.25, 0.3) is 0 Å². The Labute approximate surface area is 160 Å². The number of piperazine rings is 1. The fourth-order valence-corrected chi connectivity index (χ4v) is 3.87. The molecule has 0 bridgehead atoms. The Bertz CT molecular complexity index is 908. The molecule has 1 aliphatic heterocycles. The predicted molar refractivity (Wildman–Crippen MR) is 103 cm³/mol. The third-order valence-electron chi connectivity index (χ3n) is 4.79. The molecule has 27 heavy (non-hydrogen) atoms. The molecule has 0 saturated carbocycles. The molecule has 0 aliphatic carbocycles. The third kappa shape index (κ3) is 4.52. The Morgan fingerprint density at radius 1 is 1.15 bits per heavy atom. The van der Waals surface area contributed by atoms with Gasteiger partial charge in [-0.25, -0.2) is 13.1 Å². The molecule has 0 atom stereocenters. The Morgan fingerprint density at radius 2 is 1.89 bits per heavy atom. The van der Waals surface area contributed by atoms with Gasteiger partial charge in [-0.1, -0.05) is 12.1 Å². The second-order valence-electron chi connectivity index (χ2n) is 6.57. The van der Waals surface area contributed by atoms with Gasteiger partial charge in [-0.2, -0.15) is 0 Å². The van der Waals surface area contributed by atoms with Crippen LogP contribution in [0.4, 0.5) is 0 Å². The van der Waals surface area contributed by atoms with E-state index in [1.807, 2.05) is 25.1 Å². The standard InChI is InChI=1S/C19H24N4O3S/c1-15-6-7-17(27(25,26)20-2)13-18(15)19(24)23-11-9-22(10-12-23)14-16-5-3-4-8-21-16/h3-8,13,20H,9-12,14H2,1-2H3. The maximum absolute atomic E-state index is 12.9. The maximum atomic E-state index is 12.9. The maximum Gasteiger partial charge on any atom is 0.254 e. The van der Waals surface area contributed by atoms with Gasteiger partial charge in [0, 0.05) is 44.5 Å². The first-order valence-electron chi connectivity index (χ1n) is 8.86. The summed E-state index contributed by atoms with van der Waals surface area (Å²) in [5, 5.41) is 0. The van der Waals surface area contributed by atoms with Crippen molar-refractivity contribution in [3.05, 3.63) is 59.4 Å². The molecule has 3 rings (SSSR count). The SMILES string of the molecule is CNS(=O)(=O)c1ccc(C)c(C(=O)N2CCN(Cc3ccccn3)CC2)c1. The van der Waals surface area contributed by atoms with Crippen LogP contribution in [0.15, 0.2) is 47.5 Å². The number of aromatic nitrogens is 1. The van der Waals surface area contributed by atoms with Crippen LogP contribution in [0.2, 0.25) is 0 Å². The minimum atomic E-state index is -3.58. The lowest BCUT2D eigenvalue weighted by Gasteiger charge is -2.34. The van der Waals surface area contributed by atoms with Crippen molar-refractivity contribution in [1.82, 2.24) is 19.5 Å². The monoisotopic (exact) mass is 388 g/mol. The number of carbonyl (C=O) groups is 1. The Kier molecular flexibility index (Phi) is 5.88. The van der Waals surface area contributed by atoms with Gasteiger partial charge in [-0.05, 0) is 43.8 Å². The minimum Gasteiger partial charge on any atom is -0.336 e. The molecule has 1 aromatic heterocycles. The van der Waals surface area contributed by atoms with Gasteiger partial charge in [0.05, 0.1) is 10.6 Å². The number of amides is 1. The lowest BCUT2D eigenvalue weighted by molar-refractivity contribution is 0.0626. The van der Waals surface area contributed by atoms with Crippen LogP contribution in [-0.2, 0) is 16.6 Å². The molecule has 1 fully saturated rings. The molecule has 144 valence electrons. The summed E-state index contributed by atoms with van der Waals surface area (Å²) in [6, 6.07) is 10.5. The van der Waals surface area contributed by atoms with Crippen LogP contribution in [0.3, 0.4) is 0 Å². The van der Waals surface area contributed by atoms with Crippen molar-refractivity contribution >= 4 is 15.9 Å². The lowest BCUT2D eigenvalue weighted by atomic mass is 10.1. The lowest BCUT2D eigenvalue weighted by Crippen LogP contribution is -2.48. The van der Waals surface area contributed by atoms with E-state index in [0.717, 1.165) is 30.9 Å². The number of hydrogen-bond donors (Lipinski definition) is 1. The molecule has 1 N–H and O–H groups in total. The highest BCUT2D eigenvalue weighted by Gasteiger charge is 2.24. The highest BCUT2D eigenvalue weighted by Crippen LogP contribution is 2.18. The molecule has 7 nitrogen and oxygen atoms in total. The number of nitrogens with one attached hydrogen (secondary N) is 1. The van der Waals surface area contributed by atoms with Crippen LogP contribution >= 0.6 is 0 Å². The van der Waals surface area contributed by atoms with Gasteiger partial charge in [0.25, 0.3) is 5.91 Å². The molecule has 1 aliphatic rings. The van der Waals surface area contributed by atoms with Gasteiger partial charge in [0.1, 0.15) is 0 Å². The van der Waals surface area contributed by atoms with Crippen molar-refractivity contribution in [3.63, 3.8) is 0 Å². The zero-order chi connectivity index (χ0) is 19.4. The largest absolute Gasteiger partial charge is 0.336 e. The van der Waals surface area contributed by atoms with Crippen LogP contribution in [0.5, 0.6) is 0 Å². The highest BCUT2D eigenvalue weighted by atomic mass is 32.2. The van der Waals surface area contributed by atoms with Crippen molar-refractivity contribution < 1.29 is 13.2 Å². The average Bonchev–Trinajstić information content (AvgIpc) is 2.69. The van der Waals surface area contributed by atoms with Crippen molar-refractivity contribution in [3.8, 4) is 0 Å². The van der Waals surface area contributed by atoms with Crippen molar-refractivity contribution in [1.29, 1.82) is 0 Å². The normalized spacial score (nSPS) is 15.7. The zero-order valence-corrected chi connectivity index (χ0v) is 16.4. The summed E-state index contributed by atoms with van der Waals surface area (Å²) in [5.41, 5.74) is 2.22. The summed E-state index contributed by atoms with van der Waals surface area (Å²) >= 11 is 0. The van der Waals surface area contributed by atoms with E-state index in [4.69, 9.17) is 0 Å². The van der Waals surface area contributed by atoms with E-state index in [2.05, 4.69) is 14.6 Å². The molecular formula is C19H24N4O3S. The molecule has 1 amide bonds. The molecule has 0 spiro atoms. The summed E-state index contributed by atoms with van der Waals surface area (Å²) < 4.78 is 26.3. The second kappa shape index (κ2) is 8.16.